The van der Waals surface area contributed by atoms with E-state index in [-0.39, 0.29) is 11.8 Å². The van der Waals surface area contributed by atoms with E-state index < -0.39 is 11.9 Å². The predicted molar refractivity (Wildman–Crippen MR) is 54.2 cm³/mol. The molecular formula is C11H17NO3. The van der Waals surface area contributed by atoms with Gasteiger partial charge in [0.05, 0.1) is 11.8 Å². The third-order valence-electron chi connectivity index (χ3n) is 3.38. The number of nitrogens with one attached hydrogen (secondary N) is 1. The second-order valence-corrected chi connectivity index (χ2v) is 4.91. The van der Waals surface area contributed by atoms with E-state index >= 15 is 0 Å². The van der Waals surface area contributed by atoms with E-state index in [9.17, 15) is 9.59 Å². The van der Waals surface area contributed by atoms with Crippen LogP contribution in [0.3, 0.4) is 0 Å². The third kappa shape index (κ3) is 2.30. The Hall–Kier alpha value is -1.06. The van der Waals surface area contributed by atoms with Crippen LogP contribution in [0, 0.1) is 17.8 Å². The quantitative estimate of drug-likeness (QED) is 0.732. The van der Waals surface area contributed by atoms with Gasteiger partial charge in [-0.25, -0.2) is 0 Å². The first kappa shape index (κ1) is 10.5. The molecule has 0 aromatic heterocycles. The van der Waals surface area contributed by atoms with Crippen molar-refractivity contribution in [3.8, 4) is 0 Å². The van der Waals surface area contributed by atoms with E-state index in [1.165, 1.54) is 0 Å². The molecule has 2 fully saturated rings. The SMILES string of the molecule is CC1CC(C(=O)O)C(C(=O)NC2CC2)C1. The van der Waals surface area contributed by atoms with Crippen LogP contribution in [0.25, 0.3) is 0 Å². The van der Waals surface area contributed by atoms with Crippen LogP contribution in [0.2, 0.25) is 0 Å². The summed E-state index contributed by atoms with van der Waals surface area (Å²) in [5.74, 6) is -1.30. The molecule has 2 saturated carbocycles. The number of carboxylic acid groups (broad SMARTS) is 1. The van der Waals surface area contributed by atoms with Crippen LogP contribution in [-0.4, -0.2) is 23.0 Å². The summed E-state index contributed by atoms with van der Waals surface area (Å²) < 4.78 is 0. The van der Waals surface area contributed by atoms with Gasteiger partial charge in [0.15, 0.2) is 0 Å². The molecule has 2 N–H and O–H groups in total. The average molecular weight is 211 g/mol. The van der Waals surface area contributed by atoms with Crippen molar-refractivity contribution in [1.29, 1.82) is 0 Å². The highest BCUT2D eigenvalue weighted by atomic mass is 16.4. The molecule has 2 aliphatic rings. The largest absolute Gasteiger partial charge is 0.481 e. The van der Waals surface area contributed by atoms with Gasteiger partial charge in [-0.3, -0.25) is 9.59 Å². The van der Waals surface area contributed by atoms with Crippen LogP contribution in [0.1, 0.15) is 32.6 Å². The maximum absolute atomic E-state index is 11.8. The molecule has 0 aliphatic heterocycles. The van der Waals surface area contributed by atoms with Crippen LogP contribution >= 0.6 is 0 Å². The molecule has 15 heavy (non-hydrogen) atoms. The minimum Gasteiger partial charge on any atom is -0.481 e. The van der Waals surface area contributed by atoms with Crippen molar-refractivity contribution in [3.63, 3.8) is 0 Å². The summed E-state index contributed by atoms with van der Waals surface area (Å²) in [5.41, 5.74) is 0. The van der Waals surface area contributed by atoms with E-state index in [0.717, 1.165) is 19.3 Å². The summed E-state index contributed by atoms with van der Waals surface area (Å²) in [6.07, 6.45) is 3.45. The second kappa shape index (κ2) is 3.83. The number of hydrogen-bond donors (Lipinski definition) is 2. The molecule has 2 rings (SSSR count). The Morgan fingerprint density at radius 3 is 2.33 bits per heavy atom. The van der Waals surface area contributed by atoms with Crippen molar-refractivity contribution in [2.24, 2.45) is 17.8 Å². The molecule has 3 unspecified atom stereocenters. The van der Waals surface area contributed by atoms with E-state index in [0.29, 0.717) is 18.4 Å². The number of amides is 1. The van der Waals surface area contributed by atoms with Gasteiger partial charge in [-0.05, 0) is 31.6 Å². The van der Waals surface area contributed by atoms with E-state index in [1.54, 1.807) is 0 Å². The van der Waals surface area contributed by atoms with Crippen LogP contribution in [0.4, 0.5) is 0 Å². The van der Waals surface area contributed by atoms with Crippen molar-refractivity contribution in [3.05, 3.63) is 0 Å². The first-order valence-electron chi connectivity index (χ1n) is 5.61. The molecule has 1 amide bonds. The van der Waals surface area contributed by atoms with Crippen molar-refractivity contribution in [2.75, 3.05) is 0 Å². The lowest BCUT2D eigenvalue weighted by atomic mass is 9.95. The molecule has 0 spiro atoms. The molecule has 3 atom stereocenters. The molecule has 4 heteroatoms. The predicted octanol–water partition coefficient (Wildman–Crippen LogP) is 1.01. The lowest BCUT2D eigenvalue weighted by molar-refractivity contribution is -0.146. The van der Waals surface area contributed by atoms with Crippen molar-refractivity contribution in [1.82, 2.24) is 5.32 Å². The zero-order valence-corrected chi connectivity index (χ0v) is 8.90. The number of hydrogen-bond acceptors (Lipinski definition) is 2. The first-order valence-corrected chi connectivity index (χ1v) is 5.61. The van der Waals surface area contributed by atoms with Gasteiger partial charge >= 0.3 is 5.97 Å². The Morgan fingerprint density at radius 2 is 1.80 bits per heavy atom. The van der Waals surface area contributed by atoms with E-state index in [1.807, 2.05) is 6.92 Å². The minimum absolute atomic E-state index is 0.0470. The lowest BCUT2D eigenvalue weighted by Gasteiger charge is -2.14. The molecule has 0 aromatic carbocycles. The molecule has 4 nitrogen and oxygen atoms in total. The van der Waals surface area contributed by atoms with E-state index in [4.69, 9.17) is 5.11 Å². The summed E-state index contributed by atoms with van der Waals surface area (Å²) in [5, 5.41) is 11.9. The van der Waals surface area contributed by atoms with Crippen molar-refractivity contribution >= 4 is 11.9 Å². The molecule has 0 saturated heterocycles. The monoisotopic (exact) mass is 211 g/mol. The first-order chi connectivity index (χ1) is 7.08. The van der Waals surface area contributed by atoms with Crippen LogP contribution in [-0.2, 0) is 9.59 Å². The number of aliphatic carboxylic acids is 1. The number of carbonyl (C=O) groups is 2. The molecule has 2 aliphatic carbocycles. The summed E-state index contributed by atoms with van der Waals surface area (Å²) in [6.45, 7) is 2.01. The van der Waals surface area contributed by atoms with Gasteiger partial charge in [0, 0.05) is 6.04 Å². The van der Waals surface area contributed by atoms with Crippen LogP contribution in [0.5, 0.6) is 0 Å². The van der Waals surface area contributed by atoms with Gasteiger partial charge in [0.1, 0.15) is 0 Å². The van der Waals surface area contributed by atoms with Gasteiger partial charge in [-0.15, -0.1) is 0 Å². The van der Waals surface area contributed by atoms with E-state index in [2.05, 4.69) is 5.32 Å². The summed E-state index contributed by atoms with van der Waals surface area (Å²) in [6, 6.07) is 0.322. The standard InChI is InChI=1S/C11H17NO3/c1-6-4-8(9(5-6)11(14)15)10(13)12-7-2-3-7/h6-9H,2-5H2,1H3,(H,12,13)(H,14,15). The number of rotatable bonds is 3. The Labute approximate surface area is 89.0 Å². The Bertz CT molecular complexity index is 286. The fraction of sp³-hybridized carbons (Fsp3) is 0.818. The second-order valence-electron chi connectivity index (χ2n) is 4.91. The van der Waals surface area contributed by atoms with Gasteiger partial charge in [-0.2, -0.15) is 0 Å². The molecule has 0 heterocycles. The maximum Gasteiger partial charge on any atom is 0.307 e. The van der Waals surface area contributed by atoms with Crippen molar-refractivity contribution < 1.29 is 14.7 Å². The summed E-state index contributed by atoms with van der Waals surface area (Å²) in [7, 11) is 0. The molecular weight excluding hydrogens is 194 g/mol. The summed E-state index contributed by atoms with van der Waals surface area (Å²) >= 11 is 0. The highest BCUT2D eigenvalue weighted by Crippen LogP contribution is 2.37. The van der Waals surface area contributed by atoms with Gasteiger partial charge < -0.3 is 10.4 Å². The van der Waals surface area contributed by atoms with Gasteiger partial charge in [0.25, 0.3) is 0 Å². The van der Waals surface area contributed by atoms with Crippen molar-refractivity contribution in [2.45, 2.75) is 38.6 Å². The Balaban J connectivity index is 1.98. The number of carbonyl (C=O) groups excluding carboxylic acids is 1. The smallest absolute Gasteiger partial charge is 0.307 e. The van der Waals surface area contributed by atoms with Crippen LogP contribution in [0.15, 0.2) is 0 Å². The summed E-state index contributed by atoms with van der Waals surface area (Å²) in [4.78, 5) is 22.8. The fourth-order valence-corrected chi connectivity index (χ4v) is 2.39. The van der Waals surface area contributed by atoms with Gasteiger partial charge in [0.2, 0.25) is 5.91 Å². The topological polar surface area (TPSA) is 66.4 Å². The zero-order chi connectivity index (χ0) is 11.0. The zero-order valence-electron chi connectivity index (χ0n) is 8.90. The van der Waals surface area contributed by atoms with Crippen LogP contribution < -0.4 is 5.32 Å². The minimum atomic E-state index is -0.824. The third-order valence-corrected chi connectivity index (χ3v) is 3.38. The normalized spacial score (nSPS) is 35.1. The molecule has 0 aromatic rings. The highest BCUT2D eigenvalue weighted by molar-refractivity contribution is 5.85. The van der Waals surface area contributed by atoms with Gasteiger partial charge in [-0.1, -0.05) is 6.92 Å². The Kier molecular flexibility index (Phi) is 2.67. The fourth-order valence-electron chi connectivity index (χ4n) is 2.39. The number of carboxylic acids is 1. The Morgan fingerprint density at radius 1 is 1.20 bits per heavy atom. The maximum atomic E-state index is 11.8. The average Bonchev–Trinajstić information content (AvgIpc) is 2.86. The molecule has 0 bridgehead atoms. The highest BCUT2D eigenvalue weighted by Gasteiger charge is 2.42. The molecule has 84 valence electrons. The lowest BCUT2D eigenvalue weighted by Crippen LogP contribution is -2.36. The molecule has 0 radical (unpaired) electrons.